The number of nitrogens with two attached hydrogens (primary N) is 1. The molecular formula is C25H28N6OS. The molecule has 4 rings (SSSR count). The highest BCUT2D eigenvalue weighted by Crippen LogP contribution is 2.34. The van der Waals surface area contributed by atoms with Crippen LogP contribution in [0.4, 0.5) is 11.4 Å². The molecule has 0 spiro atoms. The Morgan fingerprint density at radius 2 is 1.94 bits per heavy atom. The molecule has 1 aromatic heterocycles. The van der Waals surface area contributed by atoms with Gasteiger partial charge in [-0.25, -0.2) is 0 Å². The molecule has 1 saturated carbocycles. The number of nitrogen functional groups attached to an aromatic ring is 1. The lowest BCUT2D eigenvalue weighted by molar-refractivity contribution is 0.0942. The van der Waals surface area contributed by atoms with Crippen LogP contribution in [-0.4, -0.2) is 28.9 Å². The molecule has 0 bridgehead atoms. The summed E-state index contributed by atoms with van der Waals surface area (Å²) in [6, 6.07) is 13.8. The molecule has 1 fully saturated rings. The van der Waals surface area contributed by atoms with E-state index in [9.17, 15) is 4.79 Å². The van der Waals surface area contributed by atoms with Gasteiger partial charge in [-0.3, -0.25) is 4.79 Å². The van der Waals surface area contributed by atoms with Gasteiger partial charge in [0.05, 0.1) is 0 Å². The predicted octanol–water partition coefficient (Wildman–Crippen LogP) is 4.57. The molecule has 1 aliphatic carbocycles. The normalized spacial score (nSPS) is 12.9. The summed E-state index contributed by atoms with van der Waals surface area (Å²) >= 11 is 1.55. The van der Waals surface area contributed by atoms with E-state index in [0.29, 0.717) is 29.5 Å². The Labute approximate surface area is 197 Å². The molecular weight excluding hydrogens is 432 g/mol. The number of nitrogens with zero attached hydrogens (tertiary/aromatic N) is 1. The lowest BCUT2D eigenvalue weighted by Crippen LogP contribution is -2.25. The zero-order valence-electron chi connectivity index (χ0n) is 18.7. The van der Waals surface area contributed by atoms with Gasteiger partial charge in [0, 0.05) is 70.1 Å². The van der Waals surface area contributed by atoms with E-state index in [0.717, 1.165) is 45.1 Å². The van der Waals surface area contributed by atoms with Gasteiger partial charge in [0.25, 0.3) is 5.91 Å². The third kappa shape index (κ3) is 4.96. The Hall–Kier alpha value is -3.52. The maximum atomic E-state index is 13.0. The van der Waals surface area contributed by atoms with E-state index in [2.05, 4.69) is 10.6 Å². The van der Waals surface area contributed by atoms with Crippen molar-refractivity contribution in [3.05, 3.63) is 70.5 Å². The number of amides is 1. The topological polar surface area (TPSA) is 120 Å². The second-order valence-electron chi connectivity index (χ2n) is 8.20. The molecule has 0 aliphatic heterocycles. The maximum absolute atomic E-state index is 13.0. The Morgan fingerprint density at radius 3 is 2.64 bits per heavy atom. The van der Waals surface area contributed by atoms with Gasteiger partial charge in [-0.15, -0.1) is 0 Å². The van der Waals surface area contributed by atoms with Crippen LogP contribution in [0.25, 0.3) is 0 Å². The van der Waals surface area contributed by atoms with Crippen LogP contribution in [-0.2, 0) is 13.6 Å². The van der Waals surface area contributed by atoms with Crippen molar-refractivity contribution in [1.82, 2.24) is 9.88 Å². The summed E-state index contributed by atoms with van der Waals surface area (Å²) < 4.78 is 1.89. The Bertz CT molecular complexity index is 1230. The van der Waals surface area contributed by atoms with Gasteiger partial charge in [0.15, 0.2) is 0 Å². The van der Waals surface area contributed by atoms with Crippen molar-refractivity contribution in [2.45, 2.75) is 42.1 Å². The molecule has 1 heterocycles. The van der Waals surface area contributed by atoms with Crippen molar-refractivity contribution in [3.63, 3.8) is 0 Å². The summed E-state index contributed by atoms with van der Waals surface area (Å²) in [6.07, 6.45) is 4.87. The van der Waals surface area contributed by atoms with Crippen LogP contribution in [0, 0.1) is 17.7 Å². The number of rotatable bonds is 9. The first-order valence-electron chi connectivity index (χ1n) is 10.8. The first-order chi connectivity index (χ1) is 15.9. The van der Waals surface area contributed by atoms with Crippen LogP contribution >= 0.6 is 11.8 Å². The Morgan fingerprint density at radius 1 is 1.18 bits per heavy atom. The van der Waals surface area contributed by atoms with Crippen molar-refractivity contribution in [3.8, 4) is 0 Å². The molecule has 1 amide bonds. The van der Waals surface area contributed by atoms with Gasteiger partial charge in [0.2, 0.25) is 0 Å². The van der Waals surface area contributed by atoms with Crippen LogP contribution in [0.5, 0.6) is 0 Å². The van der Waals surface area contributed by atoms with Crippen LogP contribution < -0.4 is 16.4 Å². The average molecular weight is 461 g/mol. The van der Waals surface area contributed by atoms with Gasteiger partial charge < -0.3 is 31.8 Å². The second kappa shape index (κ2) is 9.54. The van der Waals surface area contributed by atoms with Gasteiger partial charge in [0.1, 0.15) is 5.69 Å². The fraction of sp³-hybridized carbons (Fsp3) is 0.240. The molecule has 8 heteroatoms. The number of hydrogen-bond donors (Lipinski definition) is 5. The molecule has 170 valence electrons. The molecule has 1 aliphatic rings. The van der Waals surface area contributed by atoms with E-state index in [1.165, 1.54) is 12.4 Å². The van der Waals surface area contributed by atoms with Crippen LogP contribution in [0.15, 0.2) is 52.3 Å². The largest absolute Gasteiger partial charge is 0.398 e. The van der Waals surface area contributed by atoms with Gasteiger partial charge >= 0.3 is 0 Å². The summed E-state index contributed by atoms with van der Waals surface area (Å²) in [5, 5.41) is 21.7. The zero-order valence-corrected chi connectivity index (χ0v) is 19.6. The average Bonchev–Trinajstić information content (AvgIpc) is 3.60. The van der Waals surface area contributed by atoms with E-state index in [1.807, 2.05) is 54.9 Å². The van der Waals surface area contributed by atoms with Crippen LogP contribution in [0.2, 0.25) is 0 Å². The summed E-state index contributed by atoms with van der Waals surface area (Å²) in [6.45, 7) is 2.36. The number of nitrogens with one attached hydrogen (secondary N) is 4. The quantitative estimate of drug-likeness (QED) is 0.237. The number of para-hydroxylation sites is 1. The molecule has 3 aromatic rings. The van der Waals surface area contributed by atoms with Crippen LogP contribution in [0.1, 0.15) is 45.7 Å². The second-order valence-corrected chi connectivity index (χ2v) is 9.32. The Balaban J connectivity index is 1.51. The first-order valence-corrected chi connectivity index (χ1v) is 11.6. The number of carbonyl (C=O) groups excluding carboxylic acids is 1. The molecule has 6 N–H and O–H groups in total. The summed E-state index contributed by atoms with van der Waals surface area (Å²) in [5.74, 6) is -0.150. The van der Waals surface area contributed by atoms with Gasteiger partial charge in [-0.2, -0.15) is 0 Å². The van der Waals surface area contributed by atoms with E-state index in [4.69, 9.17) is 16.6 Å². The number of hydrogen-bond acceptors (Lipinski definition) is 6. The lowest BCUT2D eigenvalue weighted by atomic mass is 10.1. The predicted molar refractivity (Wildman–Crippen MR) is 135 cm³/mol. The van der Waals surface area contributed by atoms with E-state index in [1.54, 1.807) is 17.8 Å². The third-order valence-corrected chi connectivity index (χ3v) is 6.99. The minimum absolute atomic E-state index is 0.150. The molecule has 0 atom stereocenters. The van der Waals surface area contributed by atoms with E-state index in [-0.39, 0.29) is 5.91 Å². The lowest BCUT2D eigenvalue weighted by Gasteiger charge is -2.15. The van der Waals surface area contributed by atoms with Crippen molar-refractivity contribution in [2.75, 3.05) is 11.1 Å². The standard InChI is InChI=1S/C25H28N6OS/c1-15-23(33-20-8-9-21(28)18(10-20)13-27)11-22(31(15)2)25(32)29-14-17-5-3-4-16(12-26)24(17)30-19-6-7-19/h3-5,8-13,19,26-27,30H,6-7,14,28H2,1-2H3,(H,29,32). The fourth-order valence-electron chi connectivity index (χ4n) is 3.62. The smallest absolute Gasteiger partial charge is 0.268 e. The minimum atomic E-state index is -0.150. The van der Waals surface area contributed by atoms with Crippen molar-refractivity contribution < 1.29 is 4.79 Å². The highest BCUT2D eigenvalue weighted by Gasteiger charge is 2.23. The molecule has 0 unspecified atom stereocenters. The van der Waals surface area contributed by atoms with Crippen LogP contribution in [0.3, 0.4) is 0 Å². The number of aromatic nitrogens is 1. The zero-order chi connectivity index (χ0) is 23.5. The van der Waals surface area contributed by atoms with Crippen molar-refractivity contribution >= 4 is 41.5 Å². The maximum Gasteiger partial charge on any atom is 0.268 e. The number of benzene rings is 2. The van der Waals surface area contributed by atoms with Gasteiger partial charge in [-0.1, -0.05) is 30.0 Å². The summed E-state index contributed by atoms with van der Waals surface area (Å²) in [4.78, 5) is 15.0. The minimum Gasteiger partial charge on any atom is -0.398 e. The highest BCUT2D eigenvalue weighted by molar-refractivity contribution is 7.99. The first kappa shape index (κ1) is 22.7. The van der Waals surface area contributed by atoms with Gasteiger partial charge in [-0.05, 0) is 49.6 Å². The van der Waals surface area contributed by atoms with Crippen molar-refractivity contribution in [1.29, 1.82) is 10.8 Å². The molecule has 0 radical (unpaired) electrons. The van der Waals surface area contributed by atoms with E-state index < -0.39 is 0 Å². The third-order valence-electron chi connectivity index (χ3n) is 5.87. The monoisotopic (exact) mass is 460 g/mol. The molecule has 33 heavy (non-hydrogen) atoms. The molecule has 7 nitrogen and oxygen atoms in total. The number of carbonyl (C=O) groups is 1. The molecule has 2 aromatic carbocycles. The Kier molecular flexibility index (Phi) is 6.55. The highest BCUT2D eigenvalue weighted by atomic mass is 32.2. The van der Waals surface area contributed by atoms with E-state index >= 15 is 0 Å². The van der Waals surface area contributed by atoms with Crippen molar-refractivity contribution in [2.24, 2.45) is 7.05 Å². The molecule has 0 saturated heterocycles. The number of anilines is 2. The SMILES string of the molecule is Cc1c(Sc2ccc(N)c(C=N)c2)cc(C(=O)NCc2cccc(C=N)c2NC2CC2)n1C. The summed E-state index contributed by atoms with van der Waals surface area (Å²) in [7, 11) is 1.88. The fourth-order valence-corrected chi connectivity index (χ4v) is 4.65. The summed E-state index contributed by atoms with van der Waals surface area (Å²) in [5.41, 5.74) is 11.4.